The molecule has 8 nitrogen and oxygen atoms in total. The first-order valence-electron chi connectivity index (χ1n) is 10.2. The fraction of sp³-hybridized carbons (Fsp3) is 0.550. The van der Waals surface area contributed by atoms with Crippen molar-refractivity contribution in [3.05, 3.63) is 41.5 Å². The van der Waals surface area contributed by atoms with Gasteiger partial charge in [-0.15, -0.1) is 34.2 Å². The van der Waals surface area contributed by atoms with Crippen LogP contribution in [0.25, 0.3) is 0 Å². The second-order valence-electron chi connectivity index (χ2n) is 7.03. The molecule has 0 radical (unpaired) electrons. The van der Waals surface area contributed by atoms with E-state index in [1.807, 2.05) is 6.92 Å². The summed E-state index contributed by atoms with van der Waals surface area (Å²) in [4.78, 5) is 4.56. The van der Waals surface area contributed by atoms with Gasteiger partial charge in [0.25, 0.3) is 0 Å². The quantitative estimate of drug-likeness (QED) is 0.266. The number of nitrogens with one attached hydrogen (secondary N) is 2. The lowest BCUT2D eigenvalue weighted by Crippen LogP contribution is -2.39. The SMILES string of the molecule is CCNC(=NCc1nnc2n1CCCCC2)NCC(O)c1ccc(OC(F)F)cc1.I. The van der Waals surface area contributed by atoms with Crippen molar-refractivity contribution in [1.29, 1.82) is 0 Å². The maximum atomic E-state index is 12.2. The molecule has 1 unspecified atom stereocenters. The van der Waals surface area contributed by atoms with Gasteiger partial charge in [-0.3, -0.25) is 0 Å². The van der Waals surface area contributed by atoms with E-state index < -0.39 is 12.7 Å². The lowest BCUT2D eigenvalue weighted by atomic mass is 10.1. The Morgan fingerprint density at radius 3 is 2.68 bits per heavy atom. The normalized spacial score (nSPS) is 14.9. The number of aryl methyl sites for hydroxylation is 1. The molecule has 1 aromatic heterocycles. The van der Waals surface area contributed by atoms with Gasteiger partial charge in [-0.2, -0.15) is 8.78 Å². The minimum Gasteiger partial charge on any atom is -0.435 e. The number of nitrogens with zero attached hydrogens (tertiary/aromatic N) is 4. The molecular weight excluding hydrogens is 521 g/mol. The summed E-state index contributed by atoms with van der Waals surface area (Å²) in [6.45, 7) is 1.26. The topological polar surface area (TPSA) is 96.6 Å². The number of guanidine groups is 1. The largest absolute Gasteiger partial charge is 0.435 e. The fourth-order valence-corrected chi connectivity index (χ4v) is 3.34. The molecule has 1 aliphatic rings. The molecule has 3 rings (SSSR count). The second kappa shape index (κ2) is 12.7. The molecule has 2 heterocycles. The average Bonchev–Trinajstić information content (AvgIpc) is 2.96. The number of alkyl halides is 2. The molecule has 0 saturated heterocycles. The van der Waals surface area contributed by atoms with Gasteiger partial charge < -0.3 is 25.0 Å². The van der Waals surface area contributed by atoms with E-state index in [1.165, 1.54) is 18.6 Å². The van der Waals surface area contributed by atoms with Crippen LogP contribution in [0.2, 0.25) is 0 Å². The first-order chi connectivity index (χ1) is 14.6. The van der Waals surface area contributed by atoms with Crippen molar-refractivity contribution in [3.8, 4) is 5.75 Å². The monoisotopic (exact) mass is 550 g/mol. The maximum absolute atomic E-state index is 12.2. The third-order valence-electron chi connectivity index (χ3n) is 4.86. The zero-order valence-corrected chi connectivity index (χ0v) is 19.8. The van der Waals surface area contributed by atoms with Gasteiger partial charge in [0.2, 0.25) is 0 Å². The fourth-order valence-electron chi connectivity index (χ4n) is 3.34. The molecule has 0 amide bonds. The van der Waals surface area contributed by atoms with Crippen LogP contribution < -0.4 is 15.4 Å². The third kappa shape index (κ3) is 7.56. The van der Waals surface area contributed by atoms with Gasteiger partial charge in [-0.1, -0.05) is 18.6 Å². The van der Waals surface area contributed by atoms with Crippen LogP contribution in [0.5, 0.6) is 5.75 Å². The highest BCUT2D eigenvalue weighted by atomic mass is 127. The number of aliphatic hydroxyl groups excluding tert-OH is 1. The molecule has 0 bridgehead atoms. The Morgan fingerprint density at radius 1 is 1.19 bits per heavy atom. The maximum Gasteiger partial charge on any atom is 0.387 e. The predicted molar refractivity (Wildman–Crippen MR) is 124 cm³/mol. The highest BCUT2D eigenvalue weighted by molar-refractivity contribution is 14.0. The Hall–Kier alpha value is -2.02. The number of ether oxygens (including phenoxy) is 1. The Morgan fingerprint density at radius 2 is 1.97 bits per heavy atom. The van der Waals surface area contributed by atoms with E-state index in [9.17, 15) is 13.9 Å². The predicted octanol–water partition coefficient (Wildman–Crippen LogP) is 3.01. The minimum absolute atomic E-state index is 0. The molecule has 1 aliphatic heterocycles. The van der Waals surface area contributed by atoms with E-state index in [4.69, 9.17) is 0 Å². The third-order valence-corrected chi connectivity index (χ3v) is 4.86. The molecule has 31 heavy (non-hydrogen) atoms. The Labute approximate surface area is 197 Å². The highest BCUT2D eigenvalue weighted by Crippen LogP contribution is 2.19. The zero-order chi connectivity index (χ0) is 21.3. The van der Waals surface area contributed by atoms with Gasteiger partial charge >= 0.3 is 6.61 Å². The molecule has 3 N–H and O–H groups in total. The number of aliphatic hydroxyl groups is 1. The van der Waals surface area contributed by atoms with Gasteiger partial charge in [0.1, 0.15) is 18.1 Å². The molecule has 1 atom stereocenters. The van der Waals surface area contributed by atoms with Gasteiger partial charge in [0.05, 0.1) is 6.10 Å². The Kier molecular flexibility index (Phi) is 10.4. The van der Waals surface area contributed by atoms with Crippen LogP contribution in [0.4, 0.5) is 8.78 Å². The van der Waals surface area contributed by atoms with Crippen molar-refractivity contribution in [2.75, 3.05) is 13.1 Å². The summed E-state index contributed by atoms with van der Waals surface area (Å²) in [5, 5.41) is 25.2. The molecular formula is C20H29F2IN6O2. The Balaban J connectivity index is 0.00000341. The van der Waals surface area contributed by atoms with Gasteiger partial charge in [-0.25, -0.2) is 4.99 Å². The number of fused-ring (bicyclic) bond motifs is 1. The van der Waals surface area contributed by atoms with Crippen molar-refractivity contribution in [3.63, 3.8) is 0 Å². The van der Waals surface area contributed by atoms with E-state index in [-0.39, 0.29) is 36.3 Å². The first kappa shape index (κ1) is 25.2. The second-order valence-corrected chi connectivity index (χ2v) is 7.03. The lowest BCUT2D eigenvalue weighted by molar-refractivity contribution is -0.0498. The molecule has 0 aliphatic carbocycles. The number of aliphatic imine (C=N–C) groups is 1. The minimum atomic E-state index is -2.87. The van der Waals surface area contributed by atoms with E-state index in [0.29, 0.717) is 24.6 Å². The number of benzene rings is 1. The summed E-state index contributed by atoms with van der Waals surface area (Å²) >= 11 is 0. The molecule has 0 spiro atoms. The highest BCUT2D eigenvalue weighted by Gasteiger charge is 2.15. The molecule has 0 saturated carbocycles. The van der Waals surface area contributed by atoms with Crippen LogP contribution in [0, 0.1) is 0 Å². The summed E-state index contributed by atoms with van der Waals surface area (Å²) in [5.41, 5.74) is 0.586. The van der Waals surface area contributed by atoms with Crippen LogP contribution >= 0.6 is 24.0 Å². The van der Waals surface area contributed by atoms with E-state index in [2.05, 4.69) is 35.1 Å². The first-order valence-corrected chi connectivity index (χ1v) is 10.2. The van der Waals surface area contributed by atoms with Crippen molar-refractivity contribution in [2.45, 2.75) is 58.4 Å². The average molecular weight is 550 g/mol. The van der Waals surface area contributed by atoms with Crippen LogP contribution in [-0.4, -0.2) is 45.5 Å². The van der Waals surface area contributed by atoms with Crippen LogP contribution in [0.15, 0.2) is 29.3 Å². The number of hydrogen-bond acceptors (Lipinski definition) is 5. The number of aromatic nitrogens is 3. The summed E-state index contributed by atoms with van der Waals surface area (Å²) < 4.78 is 30.9. The molecule has 0 fully saturated rings. The van der Waals surface area contributed by atoms with Crippen LogP contribution in [0.3, 0.4) is 0 Å². The summed E-state index contributed by atoms with van der Waals surface area (Å²) in [6, 6.07) is 5.92. The number of hydrogen-bond donors (Lipinski definition) is 3. The number of halogens is 3. The van der Waals surface area contributed by atoms with Gasteiger partial charge in [0, 0.05) is 26.1 Å². The summed E-state index contributed by atoms with van der Waals surface area (Å²) in [7, 11) is 0. The van der Waals surface area contributed by atoms with Crippen molar-refractivity contribution in [2.24, 2.45) is 4.99 Å². The van der Waals surface area contributed by atoms with Crippen LogP contribution in [0.1, 0.15) is 49.5 Å². The molecule has 1 aromatic carbocycles. The van der Waals surface area contributed by atoms with Gasteiger partial charge in [-0.05, 0) is 37.5 Å². The van der Waals surface area contributed by atoms with Crippen LogP contribution in [-0.2, 0) is 19.5 Å². The zero-order valence-electron chi connectivity index (χ0n) is 17.4. The molecule has 2 aromatic rings. The van der Waals surface area contributed by atoms with Crippen molar-refractivity contribution in [1.82, 2.24) is 25.4 Å². The van der Waals surface area contributed by atoms with Crippen molar-refractivity contribution >= 4 is 29.9 Å². The summed E-state index contributed by atoms with van der Waals surface area (Å²) in [5.74, 6) is 2.46. The molecule has 11 heteroatoms. The Bertz CT molecular complexity index is 832. The lowest BCUT2D eigenvalue weighted by Gasteiger charge is -2.16. The van der Waals surface area contributed by atoms with E-state index >= 15 is 0 Å². The van der Waals surface area contributed by atoms with Gasteiger partial charge in [0.15, 0.2) is 11.8 Å². The summed E-state index contributed by atoms with van der Waals surface area (Å²) in [6.07, 6.45) is 3.57. The number of rotatable bonds is 8. The smallest absolute Gasteiger partial charge is 0.387 e. The van der Waals surface area contributed by atoms with Crippen molar-refractivity contribution < 1.29 is 18.6 Å². The van der Waals surface area contributed by atoms with E-state index in [0.717, 1.165) is 37.5 Å². The van der Waals surface area contributed by atoms with E-state index in [1.54, 1.807) is 12.1 Å². The standard InChI is InChI=1S/C20H28F2N6O2.HI/c1-2-23-20(25-13-18-27-26-17-6-4-3-5-11-28(17)18)24-12-16(29)14-7-9-15(10-8-14)30-19(21)22;/h7-10,16,19,29H,2-6,11-13H2,1H3,(H2,23,24,25);1H. The molecule has 172 valence electrons.